The number of aromatic nitrogens is 2. The zero-order chi connectivity index (χ0) is 31.7. The van der Waals surface area contributed by atoms with E-state index in [0.29, 0.717) is 19.0 Å². The molecule has 1 fully saturated rings. The fourth-order valence-corrected chi connectivity index (χ4v) is 7.36. The van der Waals surface area contributed by atoms with Gasteiger partial charge in [0.1, 0.15) is 11.9 Å². The van der Waals surface area contributed by atoms with Crippen molar-refractivity contribution in [1.29, 1.82) is 0 Å². The Morgan fingerprint density at radius 1 is 1.16 bits per heavy atom. The number of nitrogens with zero attached hydrogens (tertiary/aromatic N) is 3. The molecule has 2 aromatic carbocycles. The molecule has 0 radical (unpaired) electrons. The van der Waals surface area contributed by atoms with E-state index >= 15 is 0 Å². The van der Waals surface area contributed by atoms with E-state index in [2.05, 4.69) is 72.1 Å². The molecule has 0 saturated carbocycles. The first-order valence-corrected chi connectivity index (χ1v) is 16.2. The topological polar surface area (TPSA) is 120 Å². The number of allylic oxidation sites excluding steroid dienone is 2. The number of carboxylic acid groups (broad SMARTS) is 1. The molecule has 9 heteroatoms. The number of dihydropyridines is 1. The van der Waals surface area contributed by atoms with E-state index in [4.69, 9.17) is 0 Å². The number of fused-ring (bicyclic) bond motifs is 1. The number of aliphatic hydroxyl groups is 1. The van der Waals surface area contributed by atoms with Crippen molar-refractivity contribution in [2.45, 2.75) is 82.9 Å². The summed E-state index contributed by atoms with van der Waals surface area (Å²) >= 11 is 0. The molecular weight excluding hydrogens is 566 g/mol. The number of anilines is 1. The number of piperidine rings is 1. The fourth-order valence-electron chi connectivity index (χ4n) is 7.36. The Morgan fingerprint density at radius 2 is 1.96 bits per heavy atom. The maximum Gasteiger partial charge on any atom is 0.338 e. The highest BCUT2D eigenvalue weighted by molar-refractivity contribution is 5.87. The largest absolute Gasteiger partial charge is 0.478 e. The summed E-state index contributed by atoms with van der Waals surface area (Å²) in [4.78, 5) is 25.5. The average molecular weight is 610 g/mol. The Hall–Kier alpha value is -4.37. The number of aromatic carboxylic acids is 1. The number of amides is 1. The number of hydrogen-bond acceptors (Lipinski definition) is 6. The van der Waals surface area contributed by atoms with Gasteiger partial charge in [0.15, 0.2) is 0 Å². The van der Waals surface area contributed by atoms with E-state index in [1.54, 1.807) is 16.5 Å². The lowest BCUT2D eigenvalue weighted by Gasteiger charge is -2.38. The van der Waals surface area contributed by atoms with Gasteiger partial charge < -0.3 is 25.7 Å². The van der Waals surface area contributed by atoms with Crippen molar-refractivity contribution in [3.8, 4) is 0 Å². The summed E-state index contributed by atoms with van der Waals surface area (Å²) in [6, 6.07) is 13.5. The average Bonchev–Trinajstić information content (AvgIpc) is 3.73. The Bertz CT molecular complexity index is 1650. The van der Waals surface area contributed by atoms with Crippen molar-refractivity contribution in [2.75, 3.05) is 18.4 Å². The van der Waals surface area contributed by atoms with Gasteiger partial charge in [-0.3, -0.25) is 4.79 Å². The summed E-state index contributed by atoms with van der Waals surface area (Å²) in [5.41, 5.74) is 7.38. The molecule has 0 spiro atoms. The van der Waals surface area contributed by atoms with E-state index in [1.807, 2.05) is 12.2 Å². The maximum absolute atomic E-state index is 12.3. The number of hydrogen-bond donors (Lipinski definition) is 4. The highest BCUT2D eigenvalue weighted by Crippen LogP contribution is 2.43. The zero-order valence-corrected chi connectivity index (χ0v) is 26.3. The van der Waals surface area contributed by atoms with Crippen LogP contribution in [0.25, 0.3) is 5.82 Å². The highest BCUT2D eigenvalue weighted by Gasteiger charge is 2.37. The number of nitrogens with one attached hydrogen (secondary N) is 2. The summed E-state index contributed by atoms with van der Waals surface area (Å²) in [6.45, 7) is 7.27. The molecule has 1 amide bonds. The van der Waals surface area contributed by atoms with Crippen LogP contribution < -0.4 is 10.6 Å². The van der Waals surface area contributed by atoms with Crippen LogP contribution in [0.15, 0.2) is 67.0 Å². The number of likely N-dealkylation sites (tertiary alicyclic amines) is 1. The second-order valence-electron chi connectivity index (χ2n) is 12.5. The van der Waals surface area contributed by atoms with Gasteiger partial charge in [-0.15, -0.1) is 0 Å². The number of carbonyl (C=O) groups excluding carboxylic acids is 1. The van der Waals surface area contributed by atoms with Gasteiger partial charge >= 0.3 is 5.97 Å². The van der Waals surface area contributed by atoms with Crippen molar-refractivity contribution in [3.63, 3.8) is 0 Å². The lowest BCUT2D eigenvalue weighted by atomic mass is 9.80. The highest BCUT2D eigenvalue weighted by atomic mass is 16.4. The molecule has 2 unspecified atom stereocenters. The normalized spacial score (nSPS) is 22.0. The zero-order valence-electron chi connectivity index (χ0n) is 26.3. The molecule has 1 aromatic heterocycles. The van der Waals surface area contributed by atoms with Crippen LogP contribution in [0, 0.1) is 0 Å². The minimum absolute atomic E-state index is 0.147. The van der Waals surface area contributed by atoms with Gasteiger partial charge in [-0.05, 0) is 97.4 Å². The van der Waals surface area contributed by atoms with Crippen LogP contribution in [-0.2, 0) is 23.2 Å². The van der Waals surface area contributed by atoms with E-state index < -0.39 is 17.6 Å². The van der Waals surface area contributed by atoms with Gasteiger partial charge in [-0.2, -0.15) is 5.10 Å². The minimum Gasteiger partial charge on any atom is -0.478 e. The fraction of sp³-hybridized carbons (Fsp3) is 0.417. The minimum atomic E-state index is -1.00. The molecule has 6 rings (SSSR count). The van der Waals surface area contributed by atoms with Gasteiger partial charge in [0.2, 0.25) is 0 Å². The third kappa shape index (κ3) is 5.89. The first-order valence-electron chi connectivity index (χ1n) is 16.2. The van der Waals surface area contributed by atoms with Crippen molar-refractivity contribution in [3.05, 3.63) is 100 Å². The summed E-state index contributed by atoms with van der Waals surface area (Å²) < 4.78 is 1.60. The van der Waals surface area contributed by atoms with Crippen LogP contribution in [0.1, 0.15) is 96.6 Å². The number of carbonyl (C=O) groups is 2. The van der Waals surface area contributed by atoms with Crippen LogP contribution >= 0.6 is 0 Å². The lowest BCUT2D eigenvalue weighted by molar-refractivity contribution is -0.140. The molecular formula is C36H43N5O4. The van der Waals surface area contributed by atoms with Crippen molar-refractivity contribution in [2.24, 2.45) is 0 Å². The standard InChI is InChI=1S/C36H43N5O4/c1-4-24-20-28(12-13-29(24)25-15-18-40(19-16-25)34(43)23(3)42)38-31-14-11-26-8-6-9-30(33(26)31)36(5-2)17-7-10-32(39-36)41-22-27(21-37-41)35(44)45/h6-10,12-13,17,20-23,25,31,38-39,42H,4-5,11,14-16,18-19H2,1-3H3,(H,44,45)/t23-,31?,36?/m0/s1. The third-order valence-corrected chi connectivity index (χ3v) is 9.82. The first-order chi connectivity index (χ1) is 21.7. The van der Waals surface area contributed by atoms with E-state index in [9.17, 15) is 19.8 Å². The summed E-state index contributed by atoms with van der Waals surface area (Å²) in [6.07, 6.45) is 13.7. The van der Waals surface area contributed by atoms with Crippen molar-refractivity contribution in [1.82, 2.24) is 20.0 Å². The smallest absolute Gasteiger partial charge is 0.338 e. The molecule has 45 heavy (non-hydrogen) atoms. The van der Waals surface area contributed by atoms with Crippen molar-refractivity contribution >= 4 is 23.4 Å². The lowest BCUT2D eigenvalue weighted by Crippen LogP contribution is -2.43. The molecule has 1 aliphatic carbocycles. The van der Waals surface area contributed by atoms with Crippen LogP contribution in [-0.4, -0.2) is 56.0 Å². The molecule has 3 aliphatic rings. The van der Waals surface area contributed by atoms with E-state index in [0.717, 1.165) is 50.0 Å². The molecule has 2 aliphatic heterocycles. The Morgan fingerprint density at radius 3 is 2.64 bits per heavy atom. The molecule has 3 aromatic rings. The van der Waals surface area contributed by atoms with Gasteiger partial charge in [0, 0.05) is 25.0 Å². The van der Waals surface area contributed by atoms with Gasteiger partial charge in [-0.25, -0.2) is 9.48 Å². The number of aliphatic hydroxyl groups excluding tert-OH is 1. The van der Waals surface area contributed by atoms with Crippen LogP contribution in [0.2, 0.25) is 0 Å². The molecule has 3 atom stereocenters. The Kier molecular flexibility index (Phi) is 8.55. The summed E-state index contributed by atoms with van der Waals surface area (Å²) in [5.74, 6) is -0.0393. The first kappa shape index (κ1) is 30.6. The molecule has 0 bridgehead atoms. The van der Waals surface area contributed by atoms with Crippen LogP contribution in [0.3, 0.4) is 0 Å². The molecule has 9 nitrogen and oxygen atoms in total. The SMILES string of the molecule is CCc1cc(NC2CCc3cccc(C4(CC)C=CC=C(n5cc(C(=O)O)cn5)N4)c32)ccc1C1CCN(C(=O)[C@H](C)O)CC1. The number of carboxylic acids is 1. The second kappa shape index (κ2) is 12.6. The number of rotatable bonds is 9. The summed E-state index contributed by atoms with van der Waals surface area (Å²) in [5, 5.41) is 31.0. The van der Waals surface area contributed by atoms with Crippen LogP contribution in [0.4, 0.5) is 5.69 Å². The van der Waals surface area contributed by atoms with E-state index in [-0.39, 0.29) is 17.5 Å². The Balaban J connectivity index is 1.23. The monoisotopic (exact) mass is 609 g/mol. The third-order valence-electron chi connectivity index (χ3n) is 9.82. The predicted molar refractivity (Wildman–Crippen MR) is 175 cm³/mol. The quantitative estimate of drug-likeness (QED) is 0.250. The molecule has 4 N–H and O–H groups in total. The van der Waals surface area contributed by atoms with Crippen molar-refractivity contribution < 1.29 is 19.8 Å². The van der Waals surface area contributed by atoms with Gasteiger partial charge in [-0.1, -0.05) is 50.3 Å². The summed E-state index contributed by atoms with van der Waals surface area (Å²) in [7, 11) is 0. The molecule has 1 saturated heterocycles. The predicted octanol–water partition coefficient (Wildman–Crippen LogP) is 5.59. The Labute approximate surface area is 264 Å². The molecule has 3 heterocycles. The van der Waals surface area contributed by atoms with Crippen LogP contribution in [0.5, 0.6) is 0 Å². The number of aryl methyl sites for hydroxylation is 2. The second-order valence-corrected chi connectivity index (χ2v) is 12.5. The van der Waals surface area contributed by atoms with Gasteiger partial charge in [0.05, 0.1) is 23.3 Å². The van der Waals surface area contributed by atoms with E-state index in [1.165, 1.54) is 40.2 Å². The van der Waals surface area contributed by atoms with Gasteiger partial charge in [0.25, 0.3) is 5.91 Å². The number of benzene rings is 2. The maximum atomic E-state index is 12.3. The molecule has 236 valence electrons.